The summed E-state index contributed by atoms with van der Waals surface area (Å²) >= 11 is 0. The van der Waals surface area contributed by atoms with Crippen molar-refractivity contribution in [1.29, 1.82) is 0 Å². The number of ether oxygens (including phenoxy) is 3. The van der Waals surface area contributed by atoms with Crippen LogP contribution in [-0.4, -0.2) is 32.9 Å². The molecule has 70 valence electrons. The van der Waals surface area contributed by atoms with Gasteiger partial charge in [-0.1, -0.05) is 0 Å². The van der Waals surface area contributed by atoms with E-state index in [4.69, 9.17) is 9.47 Å². The molecule has 0 aliphatic carbocycles. The summed E-state index contributed by atoms with van der Waals surface area (Å²) in [6.45, 7) is 1.54. The van der Waals surface area contributed by atoms with E-state index in [9.17, 15) is 4.79 Å². The topological polar surface area (TPSA) is 44.8 Å². The molecule has 0 spiro atoms. The Kier molecular flexibility index (Phi) is 4.54. The first-order chi connectivity index (χ1) is 5.60. The fourth-order valence-corrected chi connectivity index (χ4v) is 0.566. The van der Waals surface area contributed by atoms with Crippen LogP contribution < -0.4 is 0 Å². The maximum Gasteiger partial charge on any atom is 0.229 e. The van der Waals surface area contributed by atoms with Gasteiger partial charge in [-0.25, -0.2) is 0 Å². The minimum absolute atomic E-state index is 0.297. The number of rotatable bonds is 5. The van der Waals surface area contributed by atoms with E-state index >= 15 is 0 Å². The minimum Gasteiger partial charge on any atom is -0.504 e. The molecule has 0 saturated heterocycles. The summed E-state index contributed by atoms with van der Waals surface area (Å²) in [5.41, 5.74) is 0. The van der Waals surface area contributed by atoms with Crippen molar-refractivity contribution in [1.82, 2.24) is 0 Å². The summed E-state index contributed by atoms with van der Waals surface area (Å²) < 4.78 is 14.3. The van der Waals surface area contributed by atoms with Crippen LogP contribution in [0.1, 0.15) is 6.92 Å². The van der Waals surface area contributed by atoms with Crippen LogP contribution in [0.25, 0.3) is 0 Å². The Bertz CT molecular complexity index is 170. The second-order valence-corrected chi connectivity index (χ2v) is 2.26. The van der Waals surface area contributed by atoms with Gasteiger partial charge in [-0.3, -0.25) is 4.79 Å². The lowest BCUT2D eigenvalue weighted by atomic mass is 10.2. The van der Waals surface area contributed by atoms with Crippen LogP contribution in [0.5, 0.6) is 0 Å². The number of carbonyl (C=O) groups is 1. The lowest BCUT2D eigenvalue weighted by Gasteiger charge is -2.22. The van der Waals surface area contributed by atoms with Gasteiger partial charge in [0, 0.05) is 20.3 Å². The third kappa shape index (κ3) is 2.64. The van der Waals surface area contributed by atoms with Crippen LogP contribution >= 0.6 is 0 Å². The Morgan fingerprint density at radius 1 is 1.25 bits per heavy atom. The molecule has 0 heterocycles. The molecule has 4 heteroatoms. The molecule has 0 bridgehead atoms. The molecule has 4 nitrogen and oxygen atoms in total. The van der Waals surface area contributed by atoms with E-state index in [0.29, 0.717) is 0 Å². The van der Waals surface area contributed by atoms with Crippen LogP contribution in [0.4, 0.5) is 0 Å². The highest BCUT2D eigenvalue weighted by Crippen LogP contribution is 2.11. The molecular weight excluding hydrogens is 160 g/mol. The quantitative estimate of drug-likeness (QED) is 0.350. The summed E-state index contributed by atoms with van der Waals surface area (Å²) in [7, 11) is 4.27. The summed E-state index contributed by atoms with van der Waals surface area (Å²) in [6.07, 6.45) is 2.53. The molecule has 0 unspecified atom stereocenters. The fourth-order valence-electron chi connectivity index (χ4n) is 0.566. The molecule has 0 aliphatic heterocycles. The second kappa shape index (κ2) is 4.90. The largest absolute Gasteiger partial charge is 0.504 e. The van der Waals surface area contributed by atoms with Gasteiger partial charge in [-0.05, 0) is 6.92 Å². The average molecular weight is 174 g/mol. The lowest BCUT2D eigenvalue weighted by molar-refractivity contribution is -0.194. The number of carbonyl (C=O) groups excluding carboxylic acids is 1. The first-order valence-electron chi connectivity index (χ1n) is 3.44. The summed E-state index contributed by atoms with van der Waals surface area (Å²) in [5, 5.41) is 0. The van der Waals surface area contributed by atoms with E-state index in [-0.39, 0.29) is 5.78 Å². The van der Waals surface area contributed by atoms with E-state index in [1.807, 2.05) is 0 Å². The third-order valence-corrected chi connectivity index (χ3v) is 1.58. The standard InChI is InChI=1S/C8H14O4/c1-8(11-3,12-4)7(9)5-6-10-2/h5-6H,1-4H3. The number of ketones is 1. The molecule has 0 aromatic rings. The SMILES string of the molecule is COC=CC(=O)C(C)(OC)OC. The van der Waals surface area contributed by atoms with E-state index in [2.05, 4.69) is 4.74 Å². The molecule has 0 fully saturated rings. The fraction of sp³-hybridized carbons (Fsp3) is 0.625. The average Bonchev–Trinajstić information content (AvgIpc) is 2.12. The van der Waals surface area contributed by atoms with E-state index in [1.165, 1.54) is 40.6 Å². The highest BCUT2D eigenvalue weighted by molar-refractivity contribution is 5.95. The summed E-state index contributed by atoms with van der Waals surface area (Å²) in [4.78, 5) is 11.3. The Morgan fingerprint density at radius 2 is 1.75 bits per heavy atom. The highest BCUT2D eigenvalue weighted by atomic mass is 16.7. The van der Waals surface area contributed by atoms with Gasteiger partial charge in [0.1, 0.15) is 0 Å². The van der Waals surface area contributed by atoms with Gasteiger partial charge in [-0.15, -0.1) is 0 Å². The van der Waals surface area contributed by atoms with Crippen molar-refractivity contribution in [3.63, 3.8) is 0 Å². The highest BCUT2D eigenvalue weighted by Gasteiger charge is 2.30. The third-order valence-electron chi connectivity index (χ3n) is 1.58. The Balaban J connectivity index is 4.32. The van der Waals surface area contributed by atoms with Gasteiger partial charge in [0.05, 0.1) is 13.4 Å². The Morgan fingerprint density at radius 3 is 2.08 bits per heavy atom. The molecule has 0 aromatic heterocycles. The normalized spacial score (nSPS) is 12.0. The van der Waals surface area contributed by atoms with Gasteiger partial charge >= 0.3 is 0 Å². The van der Waals surface area contributed by atoms with Crippen LogP contribution in [-0.2, 0) is 19.0 Å². The molecule has 0 saturated carbocycles. The molecule has 0 N–H and O–H groups in total. The summed E-state index contributed by atoms with van der Waals surface area (Å²) in [5.74, 6) is -1.51. The molecular formula is C8H14O4. The molecule has 0 amide bonds. The van der Waals surface area contributed by atoms with Gasteiger partial charge in [0.2, 0.25) is 11.6 Å². The van der Waals surface area contributed by atoms with Crippen LogP contribution in [0.3, 0.4) is 0 Å². The zero-order chi connectivity index (χ0) is 9.61. The maximum absolute atomic E-state index is 11.3. The van der Waals surface area contributed by atoms with Crippen LogP contribution in [0.2, 0.25) is 0 Å². The van der Waals surface area contributed by atoms with Crippen molar-refractivity contribution in [3.8, 4) is 0 Å². The molecule has 0 atom stereocenters. The molecule has 0 radical (unpaired) electrons. The zero-order valence-electron chi connectivity index (χ0n) is 7.79. The van der Waals surface area contributed by atoms with E-state index < -0.39 is 5.79 Å². The monoisotopic (exact) mass is 174 g/mol. The van der Waals surface area contributed by atoms with Gasteiger partial charge < -0.3 is 14.2 Å². The molecule has 0 aromatic carbocycles. The number of hydrogen-bond acceptors (Lipinski definition) is 4. The van der Waals surface area contributed by atoms with Gasteiger partial charge in [0.25, 0.3) is 0 Å². The minimum atomic E-state index is -1.21. The maximum atomic E-state index is 11.3. The Labute approximate surface area is 72.1 Å². The van der Waals surface area contributed by atoms with E-state index in [1.54, 1.807) is 0 Å². The van der Waals surface area contributed by atoms with Gasteiger partial charge in [0.15, 0.2) is 0 Å². The molecule has 0 rings (SSSR count). The van der Waals surface area contributed by atoms with Crippen molar-refractivity contribution in [2.45, 2.75) is 12.7 Å². The van der Waals surface area contributed by atoms with Gasteiger partial charge in [-0.2, -0.15) is 0 Å². The second-order valence-electron chi connectivity index (χ2n) is 2.26. The predicted molar refractivity (Wildman–Crippen MR) is 43.6 cm³/mol. The smallest absolute Gasteiger partial charge is 0.229 e. The molecule has 0 aliphatic rings. The van der Waals surface area contributed by atoms with Crippen molar-refractivity contribution >= 4 is 5.78 Å². The van der Waals surface area contributed by atoms with Crippen molar-refractivity contribution in [2.75, 3.05) is 21.3 Å². The number of hydrogen-bond donors (Lipinski definition) is 0. The first kappa shape index (κ1) is 11.1. The number of methoxy groups -OCH3 is 3. The molecule has 12 heavy (non-hydrogen) atoms. The summed E-state index contributed by atoms with van der Waals surface area (Å²) in [6, 6.07) is 0. The van der Waals surface area contributed by atoms with Crippen molar-refractivity contribution < 1.29 is 19.0 Å². The van der Waals surface area contributed by atoms with Crippen LogP contribution in [0, 0.1) is 0 Å². The predicted octanol–water partition coefficient (Wildman–Crippen LogP) is 0.725. The lowest BCUT2D eigenvalue weighted by Crippen LogP contribution is -2.38. The Hall–Kier alpha value is -0.870. The van der Waals surface area contributed by atoms with Crippen molar-refractivity contribution in [3.05, 3.63) is 12.3 Å². The van der Waals surface area contributed by atoms with Crippen molar-refractivity contribution in [2.24, 2.45) is 0 Å². The van der Waals surface area contributed by atoms with Crippen LogP contribution in [0.15, 0.2) is 12.3 Å². The first-order valence-corrected chi connectivity index (χ1v) is 3.44. The zero-order valence-corrected chi connectivity index (χ0v) is 7.79. The van der Waals surface area contributed by atoms with E-state index in [0.717, 1.165) is 0 Å².